The van der Waals surface area contributed by atoms with Crippen LogP contribution in [0.15, 0.2) is 36.9 Å². The van der Waals surface area contributed by atoms with E-state index in [2.05, 4.69) is 25.6 Å². The summed E-state index contributed by atoms with van der Waals surface area (Å²) >= 11 is 0. The van der Waals surface area contributed by atoms with Crippen LogP contribution in [-0.2, 0) is 6.42 Å². The predicted molar refractivity (Wildman–Crippen MR) is 60.7 cm³/mol. The summed E-state index contributed by atoms with van der Waals surface area (Å²) in [6.45, 7) is 6.60. The monoisotopic (exact) mass is 190 g/mol. The smallest absolute Gasteiger partial charge is 0.119 e. The van der Waals surface area contributed by atoms with Gasteiger partial charge in [-0.15, -0.1) is 6.58 Å². The van der Waals surface area contributed by atoms with Crippen LogP contribution in [0.5, 0.6) is 5.75 Å². The van der Waals surface area contributed by atoms with E-state index in [1.54, 1.807) is 0 Å². The van der Waals surface area contributed by atoms with Crippen molar-refractivity contribution >= 4 is 0 Å². The normalized spacial score (nSPS) is 9.79. The SMILES string of the molecule is C=CCCCOc1cccc(CC)c1. The Balaban J connectivity index is 2.38. The van der Waals surface area contributed by atoms with Crippen LogP contribution in [0, 0.1) is 0 Å². The molecule has 1 rings (SSSR count). The van der Waals surface area contributed by atoms with E-state index in [4.69, 9.17) is 4.74 Å². The maximum atomic E-state index is 5.60. The molecular weight excluding hydrogens is 172 g/mol. The molecule has 0 spiro atoms. The second-order valence-corrected chi connectivity index (χ2v) is 3.28. The topological polar surface area (TPSA) is 9.23 Å². The van der Waals surface area contributed by atoms with Crippen LogP contribution in [0.3, 0.4) is 0 Å². The van der Waals surface area contributed by atoms with Gasteiger partial charge in [0.2, 0.25) is 0 Å². The Labute approximate surface area is 86.4 Å². The second-order valence-electron chi connectivity index (χ2n) is 3.28. The lowest BCUT2D eigenvalue weighted by Gasteiger charge is -2.06. The summed E-state index contributed by atoms with van der Waals surface area (Å²) < 4.78 is 5.60. The number of allylic oxidation sites excluding steroid dienone is 1. The van der Waals surface area contributed by atoms with Gasteiger partial charge in [0.15, 0.2) is 0 Å². The van der Waals surface area contributed by atoms with Gasteiger partial charge in [-0.3, -0.25) is 0 Å². The summed E-state index contributed by atoms with van der Waals surface area (Å²) in [5.74, 6) is 0.980. The molecule has 14 heavy (non-hydrogen) atoms. The number of hydrogen-bond donors (Lipinski definition) is 0. The quantitative estimate of drug-likeness (QED) is 0.492. The molecule has 0 fully saturated rings. The fourth-order valence-corrected chi connectivity index (χ4v) is 1.27. The molecule has 0 atom stereocenters. The minimum absolute atomic E-state index is 0.777. The lowest BCUT2D eigenvalue weighted by molar-refractivity contribution is 0.312. The number of unbranched alkanes of at least 4 members (excludes halogenated alkanes) is 1. The van der Waals surface area contributed by atoms with Crippen LogP contribution < -0.4 is 4.74 Å². The van der Waals surface area contributed by atoms with Crippen molar-refractivity contribution in [3.63, 3.8) is 0 Å². The van der Waals surface area contributed by atoms with E-state index in [1.807, 2.05) is 18.2 Å². The molecule has 0 radical (unpaired) electrons. The van der Waals surface area contributed by atoms with Crippen LogP contribution in [0.4, 0.5) is 0 Å². The Morgan fingerprint density at radius 3 is 3.00 bits per heavy atom. The fourth-order valence-electron chi connectivity index (χ4n) is 1.27. The summed E-state index contributed by atoms with van der Waals surface area (Å²) in [4.78, 5) is 0. The molecule has 0 aromatic heterocycles. The van der Waals surface area contributed by atoms with E-state index in [-0.39, 0.29) is 0 Å². The third-order valence-corrected chi connectivity index (χ3v) is 2.13. The van der Waals surface area contributed by atoms with Crippen molar-refractivity contribution < 1.29 is 4.74 Å². The maximum absolute atomic E-state index is 5.60. The highest BCUT2D eigenvalue weighted by Crippen LogP contribution is 2.13. The van der Waals surface area contributed by atoms with E-state index in [1.165, 1.54) is 5.56 Å². The van der Waals surface area contributed by atoms with Crippen molar-refractivity contribution in [2.75, 3.05) is 6.61 Å². The van der Waals surface area contributed by atoms with Gasteiger partial charge in [-0.05, 0) is 37.0 Å². The molecule has 0 amide bonds. The number of hydrogen-bond acceptors (Lipinski definition) is 1. The lowest BCUT2D eigenvalue weighted by Crippen LogP contribution is -1.96. The molecule has 0 aliphatic rings. The van der Waals surface area contributed by atoms with Crippen molar-refractivity contribution in [3.8, 4) is 5.75 Å². The van der Waals surface area contributed by atoms with E-state index in [0.717, 1.165) is 31.6 Å². The fraction of sp³-hybridized carbons (Fsp3) is 0.385. The van der Waals surface area contributed by atoms with Crippen molar-refractivity contribution in [1.82, 2.24) is 0 Å². The van der Waals surface area contributed by atoms with Crippen molar-refractivity contribution in [2.24, 2.45) is 0 Å². The van der Waals surface area contributed by atoms with Gasteiger partial charge in [-0.1, -0.05) is 25.1 Å². The molecule has 1 aromatic rings. The highest BCUT2D eigenvalue weighted by atomic mass is 16.5. The maximum Gasteiger partial charge on any atom is 0.119 e. The minimum Gasteiger partial charge on any atom is -0.494 e. The first-order valence-corrected chi connectivity index (χ1v) is 5.19. The van der Waals surface area contributed by atoms with Crippen LogP contribution in [0.1, 0.15) is 25.3 Å². The molecule has 0 saturated heterocycles. The highest BCUT2D eigenvalue weighted by Gasteiger charge is 1.94. The molecule has 0 bridgehead atoms. The first-order valence-electron chi connectivity index (χ1n) is 5.19. The number of ether oxygens (including phenoxy) is 1. The Morgan fingerprint density at radius 2 is 2.29 bits per heavy atom. The first kappa shape index (κ1) is 10.8. The van der Waals surface area contributed by atoms with E-state index < -0.39 is 0 Å². The summed E-state index contributed by atoms with van der Waals surface area (Å²) in [6, 6.07) is 8.28. The molecule has 0 saturated carbocycles. The average molecular weight is 190 g/mol. The molecule has 0 aliphatic carbocycles. The van der Waals surface area contributed by atoms with Crippen molar-refractivity contribution in [1.29, 1.82) is 0 Å². The Hall–Kier alpha value is -1.24. The molecule has 0 heterocycles. The lowest BCUT2D eigenvalue weighted by atomic mass is 10.2. The molecule has 1 nitrogen and oxygen atoms in total. The molecule has 76 valence electrons. The number of rotatable bonds is 6. The number of aryl methyl sites for hydroxylation is 1. The van der Waals surface area contributed by atoms with Gasteiger partial charge in [0.25, 0.3) is 0 Å². The van der Waals surface area contributed by atoms with Gasteiger partial charge in [-0.2, -0.15) is 0 Å². The average Bonchev–Trinajstić information content (AvgIpc) is 2.25. The van der Waals surface area contributed by atoms with Gasteiger partial charge in [0, 0.05) is 0 Å². The summed E-state index contributed by atoms with van der Waals surface area (Å²) in [5.41, 5.74) is 1.33. The molecule has 0 N–H and O–H groups in total. The van der Waals surface area contributed by atoms with Gasteiger partial charge in [0.1, 0.15) is 5.75 Å². The molecule has 1 heteroatoms. The Kier molecular flexibility index (Phi) is 4.84. The first-order chi connectivity index (χ1) is 6.86. The van der Waals surface area contributed by atoms with Gasteiger partial charge in [0.05, 0.1) is 6.61 Å². The van der Waals surface area contributed by atoms with Crippen LogP contribution >= 0.6 is 0 Å². The minimum atomic E-state index is 0.777. The molecular formula is C13H18O. The van der Waals surface area contributed by atoms with E-state index >= 15 is 0 Å². The Morgan fingerprint density at radius 1 is 1.43 bits per heavy atom. The zero-order valence-corrected chi connectivity index (χ0v) is 8.83. The number of benzene rings is 1. The summed E-state index contributed by atoms with van der Waals surface area (Å²) in [7, 11) is 0. The standard InChI is InChI=1S/C13H18O/c1-3-5-6-10-14-13-9-7-8-12(4-2)11-13/h3,7-9,11H,1,4-6,10H2,2H3. The highest BCUT2D eigenvalue weighted by molar-refractivity contribution is 5.28. The summed E-state index contributed by atoms with van der Waals surface area (Å²) in [6.07, 6.45) is 5.04. The van der Waals surface area contributed by atoms with Crippen LogP contribution in [-0.4, -0.2) is 6.61 Å². The predicted octanol–water partition coefficient (Wildman–Crippen LogP) is 3.59. The van der Waals surface area contributed by atoms with Crippen molar-refractivity contribution in [3.05, 3.63) is 42.5 Å². The summed E-state index contributed by atoms with van der Waals surface area (Å²) in [5, 5.41) is 0. The van der Waals surface area contributed by atoms with E-state index in [9.17, 15) is 0 Å². The zero-order valence-electron chi connectivity index (χ0n) is 8.83. The molecule has 0 unspecified atom stereocenters. The third kappa shape index (κ3) is 3.65. The second kappa shape index (κ2) is 6.25. The molecule has 0 aliphatic heterocycles. The largest absolute Gasteiger partial charge is 0.494 e. The van der Waals surface area contributed by atoms with Crippen molar-refractivity contribution in [2.45, 2.75) is 26.2 Å². The third-order valence-electron chi connectivity index (χ3n) is 2.13. The van der Waals surface area contributed by atoms with Gasteiger partial charge < -0.3 is 4.74 Å². The molecule has 1 aromatic carbocycles. The van der Waals surface area contributed by atoms with E-state index in [0.29, 0.717) is 0 Å². The van der Waals surface area contributed by atoms with Crippen LogP contribution in [0.2, 0.25) is 0 Å². The van der Waals surface area contributed by atoms with Gasteiger partial charge >= 0.3 is 0 Å². The zero-order chi connectivity index (χ0) is 10.2. The van der Waals surface area contributed by atoms with Gasteiger partial charge in [-0.25, -0.2) is 0 Å². The van der Waals surface area contributed by atoms with Crippen LogP contribution in [0.25, 0.3) is 0 Å². The Bertz CT molecular complexity index is 278.